The lowest BCUT2D eigenvalue weighted by Gasteiger charge is -2.10. The molecule has 3 rings (SSSR count). The highest BCUT2D eigenvalue weighted by Gasteiger charge is 2.37. The molecule has 2 aromatic carbocycles. The summed E-state index contributed by atoms with van der Waals surface area (Å²) in [6.07, 6.45) is -4.63. The Morgan fingerprint density at radius 2 is 1.78 bits per heavy atom. The molecule has 3 aromatic rings. The number of nitrogens with zero attached hydrogens (tertiary/aromatic N) is 2. The van der Waals surface area contributed by atoms with E-state index in [1.807, 2.05) is 0 Å². The quantitative estimate of drug-likeness (QED) is 0.465. The van der Waals surface area contributed by atoms with Crippen LogP contribution in [0.2, 0.25) is 10.0 Å². The van der Waals surface area contributed by atoms with Crippen molar-refractivity contribution < 1.29 is 18.0 Å². The van der Waals surface area contributed by atoms with Crippen molar-refractivity contribution in [3.63, 3.8) is 0 Å². The van der Waals surface area contributed by atoms with Gasteiger partial charge in [-0.25, -0.2) is 4.98 Å². The summed E-state index contributed by atoms with van der Waals surface area (Å²) in [6.45, 7) is 0.0685. The van der Waals surface area contributed by atoms with Gasteiger partial charge in [0.15, 0.2) is 0 Å². The molecule has 0 saturated carbocycles. The van der Waals surface area contributed by atoms with E-state index < -0.39 is 17.9 Å². The molecular weight excluding hydrogens is 470 g/mol. The molecule has 0 aliphatic carbocycles. The van der Waals surface area contributed by atoms with Crippen molar-refractivity contribution in [2.75, 3.05) is 10.6 Å². The highest BCUT2D eigenvalue weighted by atomic mass is 79.9. The number of halogens is 6. The molecule has 1 amide bonds. The molecule has 0 atom stereocenters. The van der Waals surface area contributed by atoms with Gasteiger partial charge in [0.25, 0.3) is 5.91 Å². The van der Waals surface area contributed by atoms with Crippen LogP contribution in [-0.2, 0) is 12.7 Å². The monoisotopic (exact) mass is 479 g/mol. The second-order valence-electron chi connectivity index (χ2n) is 5.50. The summed E-state index contributed by atoms with van der Waals surface area (Å²) in [5.74, 6) is -1.67. The molecule has 0 saturated heterocycles. The van der Waals surface area contributed by atoms with Crippen LogP contribution in [0.4, 0.5) is 18.9 Å². The number of para-hydroxylation sites is 1. The van der Waals surface area contributed by atoms with Gasteiger partial charge in [0.2, 0.25) is 5.82 Å². The molecule has 0 fully saturated rings. The van der Waals surface area contributed by atoms with Crippen molar-refractivity contribution >= 4 is 61.8 Å². The van der Waals surface area contributed by atoms with Crippen LogP contribution in [0.25, 0.3) is 11.0 Å². The third-order valence-corrected chi connectivity index (χ3v) is 4.76. The predicted octanol–water partition coefficient (Wildman–Crippen LogP) is 6.01. The highest BCUT2D eigenvalue weighted by Crippen LogP contribution is 2.34. The van der Waals surface area contributed by atoms with Gasteiger partial charge in [0, 0.05) is 11.9 Å². The van der Waals surface area contributed by atoms with Gasteiger partial charge in [-0.15, -0.1) is 0 Å². The number of imidazole rings is 1. The molecule has 10 heteroatoms. The number of hydrogen-bond donors (Lipinski definition) is 1. The van der Waals surface area contributed by atoms with E-state index >= 15 is 0 Å². The summed E-state index contributed by atoms with van der Waals surface area (Å²) in [5, 5.41) is 3.13. The van der Waals surface area contributed by atoms with Gasteiger partial charge in [-0.2, -0.15) is 13.2 Å². The Kier molecular flexibility index (Phi) is 5.69. The minimum Gasteiger partial charge on any atom is -0.320 e. The summed E-state index contributed by atoms with van der Waals surface area (Å²) in [5.41, 5.74) is 0.452. The van der Waals surface area contributed by atoms with E-state index in [1.54, 1.807) is 12.1 Å². The molecular formula is C17H11BrCl2F3N3O. The first kappa shape index (κ1) is 20.0. The number of aromatic nitrogens is 2. The number of carbonyl (C=O) groups is 1. The maximum atomic E-state index is 13.4. The molecule has 0 radical (unpaired) electrons. The van der Waals surface area contributed by atoms with Gasteiger partial charge in [-0.1, -0.05) is 51.3 Å². The number of fused-ring (bicyclic) bond motifs is 1. The SMILES string of the molecule is O=C(Nc1cccc2c1nc(C(F)(F)F)n2CCBr)c1c(Cl)cccc1Cl. The Balaban J connectivity index is 2.09. The topological polar surface area (TPSA) is 46.9 Å². The third-order valence-electron chi connectivity index (χ3n) is 3.78. The summed E-state index contributed by atoms with van der Waals surface area (Å²) in [7, 11) is 0. The van der Waals surface area contributed by atoms with Crippen molar-refractivity contribution in [3.8, 4) is 0 Å². The number of alkyl halides is 4. The summed E-state index contributed by atoms with van der Waals surface area (Å²) in [4.78, 5) is 16.3. The maximum absolute atomic E-state index is 13.4. The van der Waals surface area contributed by atoms with Crippen molar-refractivity contribution in [3.05, 3.63) is 57.8 Å². The van der Waals surface area contributed by atoms with E-state index in [9.17, 15) is 18.0 Å². The Bertz CT molecular complexity index is 1000. The minimum atomic E-state index is -4.63. The highest BCUT2D eigenvalue weighted by molar-refractivity contribution is 9.09. The second-order valence-corrected chi connectivity index (χ2v) is 7.11. The summed E-state index contributed by atoms with van der Waals surface area (Å²) < 4.78 is 41.1. The zero-order valence-electron chi connectivity index (χ0n) is 13.4. The number of aryl methyl sites for hydroxylation is 1. The Morgan fingerprint density at radius 1 is 1.15 bits per heavy atom. The van der Waals surface area contributed by atoms with E-state index in [4.69, 9.17) is 23.2 Å². The van der Waals surface area contributed by atoms with Gasteiger partial charge >= 0.3 is 6.18 Å². The van der Waals surface area contributed by atoms with Crippen LogP contribution in [0.15, 0.2) is 36.4 Å². The average molecular weight is 481 g/mol. The normalized spacial score (nSPS) is 11.8. The Labute approximate surface area is 170 Å². The Hall–Kier alpha value is -1.77. The number of anilines is 1. The fraction of sp³-hybridized carbons (Fsp3) is 0.176. The summed E-state index contributed by atoms with van der Waals surface area (Å²) in [6, 6.07) is 9.10. The van der Waals surface area contributed by atoms with Crippen molar-refractivity contribution in [1.82, 2.24) is 9.55 Å². The lowest BCUT2D eigenvalue weighted by molar-refractivity contribution is -0.146. The van der Waals surface area contributed by atoms with Crippen LogP contribution in [0.5, 0.6) is 0 Å². The number of nitrogens with one attached hydrogen (secondary N) is 1. The van der Waals surface area contributed by atoms with Gasteiger partial charge in [-0.3, -0.25) is 4.79 Å². The van der Waals surface area contributed by atoms with E-state index in [0.717, 1.165) is 4.57 Å². The molecule has 142 valence electrons. The lowest BCUT2D eigenvalue weighted by Crippen LogP contribution is -2.15. The third kappa shape index (κ3) is 3.93. The van der Waals surface area contributed by atoms with E-state index in [1.165, 1.54) is 24.3 Å². The Morgan fingerprint density at radius 3 is 2.37 bits per heavy atom. The van der Waals surface area contributed by atoms with Crippen molar-refractivity contribution in [1.29, 1.82) is 0 Å². The number of amides is 1. The van der Waals surface area contributed by atoms with Crippen molar-refractivity contribution in [2.45, 2.75) is 12.7 Å². The number of carbonyl (C=O) groups excluding carboxylic acids is 1. The van der Waals surface area contributed by atoms with Crippen LogP contribution < -0.4 is 5.32 Å². The first-order chi connectivity index (χ1) is 12.7. The molecule has 0 spiro atoms. The van der Waals surface area contributed by atoms with Gasteiger partial charge in [0.1, 0.15) is 5.52 Å². The molecule has 0 unspecified atom stereocenters. The number of hydrogen-bond acceptors (Lipinski definition) is 2. The van der Waals surface area contributed by atoms with Crippen LogP contribution in [0, 0.1) is 0 Å². The molecule has 0 aliphatic rings. The van der Waals surface area contributed by atoms with E-state index in [2.05, 4.69) is 26.2 Å². The first-order valence-electron chi connectivity index (χ1n) is 7.61. The maximum Gasteiger partial charge on any atom is 0.449 e. The molecule has 1 N–H and O–H groups in total. The zero-order valence-corrected chi connectivity index (χ0v) is 16.5. The number of rotatable bonds is 4. The van der Waals surface area contributed by atoms with Crippen molar-refractivity contribution in [2.24, 2.45) is 0 Å². The van der Waals surface area contributed by atoms with Crippen LogP contribution in [0.3, 0.4) is 0 Å². The van der Waals surface area contributed by atoms with Gasteiger partial charge < -0.3 is 9.88 Å². The molecule has 4 nitrogen and oxygen atoms in total. The standard InChI is InChI=1S/C17H11BrCl2F3N3O/c18-7-8-26-12-6-2-5-11(14(12)25-16(26)17(21,22)23)24-15(27)13-9(19)3-1-4-10(13)20/h1-6H,7-8H2,(H,24,27). The van der Waals surface area contributed by atoms with E-state index in [0.29, 0.717) is 5.33 Å². The fourth-order valence-corrected chi connectivity index (χ4v) is 3.60. The first-order valence-corrected chi connectivity index (χ1v) is 9.49. The number of benzene rings is 2. The second kappa shape index (κ2) is 7.69. The smallest absolute Gasteiger partial charge is 0.320 e. The van der Waals surface area contributed by atoms with Crippen LogP contribution in [-0.4, -0.2) is 20.8 Å². The molecule has 1 heterocycles. The van der Waals surface area contributed by atoms with Gasteiger partial charge in [0.05, 0.1) is 26.8 Å². The largest absolute Gasteiger partial charge is 0.449 e. The lowest BCUT2D eigenvalue weighted by atomic mass is 10.2. The minimum absolute atomic E-state index is 0.0299. The zero-order chi connectivity index (χ0) is 19.8. The average Bonchev–Trinajstić information content (AvgIpc) is 2.95. The molecule has 0 bridgehead atoms. The van der Waals surface area contributed by atoms with E-state index in [-0.39, 0.29) is 38.9 Å². The van der Waals surface area contributed by atoms with Crippen LogP contribution in [0.1, 0.15) is 16.2 Å². The molecule has 27 heavy (non-hydrogen) atoms. The predicted molar refractivity (Wildman–Crippen MR) is 103 cm³/mol. The summed E-state index contributed by atoms with van der Waals surface area (Å²) >= 11 is 15.2. The molecule has 0 aliphatic heterocycles. The van der Waals surface area contributed by atoms with Gasteiger partial charge in [-0.05, 0) is 24.3 Å². The van der Waals surface area contributed by atoms with Crippen LogP contribution >= 0.6 is 39.1 Å². The fourth-order valence-electron chi connectivity index (χ4n) is 2.67. The molecule has 1 aromatic heterocycles.